The lowest BCUT2D eigenvalue weighted by atomic mass is 10.0. The molecule has 0 radical (unpaired) electrons. The largest absolute Gasteiger partial charge is 0.310 e. The third kappa shape index (κ3) is 3.88. The fourth-order valence-corrected chi connectivity index (χ4v) is 8.62. The van der Waals surface area contributed by atoms with E-state index in [1.54, 1.807) is 11.3 Å². The number of thiophene rings is 1. The summed E-state index contributed by atoms with van der Waals surface area (Å²) in [6, 6.07) is 52.3. The van der Waals surface area contributed by atoms with Crippen LogP contribution in [0.4, 0.5) is 17.1 Å². The van der Waals surface area contributed by atoms with Gasteiger partial charge in [0, 0.05) is 47.9 Å². The lowest BCUT2D eigenvalue weighted by Crippen LogP contribution is -2.10. The Morgan fingerprint density at radius 3 is 1.93 bits per heavy atom. The van der Waals surface area contributed by atoms with Crippen molar-refractivity contribution < 1.29 is 0 Å². The number of anilines is 3. The number of hydrogen-bond donors (Lipinski definition) is 0. The van der Waals surface area contributed by atoms with Crippen molar-refractivity contribution in [2.75, 3.05) is 4.90 Å². The summed E-state index contributed by atoms with van der Waals surface area (Å²) < 4.78 is 3.84. The highest BCUT2D eigenvalue weighted by atomic mass is 32.1. The molecule has 2 heterocycles. The van der Waals surface area contributed by atoms with E-state index in [-0.39, 0.29) is 0 Å². The summed E-state index contributed by atoms with van der Waals surface area (Å²) in [6.07, 6.45) is 0. The predicted molar refractivity (Wildman–Crippen MR) is 188 cm³/mol. The maximum atomic E-state index is 5.29. The number of rotatable bonds is 4. The fraction of sp³-hybridized carbons (Fsp3) is 0. The van der Waals surface area contributed by atoms with Gasteiger partial charge in [-0.15, -0.1) is 22.7 Å². The molecule has 0 aliphatic carbocycles. The molecule has 2 nitrogen and oxygen atoms in total. The summed E-state index contributed by atoms with van der Waals surface area (Å²) in [5.74, 6) is 0. The molecule has 9 rings (SSSR count). The van der Waals surface area contributed by atoms with Crippen LogP contribution in [0.15, 0.2) is 146 Å². The Balaban J connectivity index is 1.27. The normalized spacial score (nSPS) is 11.7. The molecular weight excluding hydrogens is 561 g/mol. The Bertz CT molecular complexity index is 2400. The molecule has 4 heteroatoms. The van der Waals surface area contributed by atoms with Gasteiger partial charge < -0.3 is 4.90 Å². The molecule has 0 aliphatic heterocycles. The van der Waals surface area contributed by atoms with Gasteiger partial charge in [0.2, 0.25) is 0 Å². The minimum Gasteiger partial charge on any atom is -0.310 e. The van der Waals surface area contributed by atoms with Gasteiger partial charge in [0.15, 0.2) is 0 Å². The van der Waals surface area contributed by atoms with Crippen LogP contribution in [0.5, 0.6) is 0 Å². The van der Waals surface area contributed by atoms with Gasteiger partial charge >= 0.3 is 0 Å². The van der Waals surface area contributed by atoms with Gasteiger partial charge in [-0.2, -0.15) is 0 Å². The van der Waals surface area contributed by atoms with Crippen molar-refractivity contribution in [2.24, 2.45) is 0 Å². The Hall–Kier alpha value is -5.03. The molecule has 0 spiro atoms. The Kier molecular flexibility index (Phi) is 5.58. The van der Waals surface area contributed by atoms with E-state index in [9.17, 15) is 0 Å². The molecule has 0 saturated carbocycles. The van der Waals surface area contributed by atoms with E-state index in [0.29, 0.717) is 0 Å². The third-order valence-electron chi connectivity index (χ3n) is 8.26. The minimum atomic E-state index is 1.03. The standard InChI is InChI=1S/C39H24N2S2/c1-2-13-26(14-3-1)41(33-21-11-23-35-36(33)32-20-8-9-22-34(32)42-35)27-15-10-12-25(24-27)39-40-37-30-18-6-4-16-28(30)29-17-5-7-19-31(29)38(37)43-39/h1-24H. The number of nitrogens with zero attached hydrogens (tertiary/aromatic N) is 2. The van der Waals surface area contributed by atoms with Gasteiger partial charge in [-0.05, 0) is 53.2 Å². The third-order valence-corrected chi connectivity index (χ3v) is 10.5. The Labute approximate surface area is 256 Å². The van der Waals surface area contributed by atoms with Crippen molar-refractivity contribution in [1.82, 2.24) is 4.98 Å². The van der Waals surface area contributed by atoms with Crippen LogP contribution in [-0.2, 0) is 0 Å². The average molecular weight is 585 g/mol. The number of fused-ring (bicyclic) bond motifs is 9. The average Bonchev–Trinajstić information content (AvgIpc) is 3.69. The summed E-state index contributed by atoms with van der Waals surface area (Å²) in [7, 11) is 0. The highest BCUT2D eigenvalue weighted by Crippen LogP contribution is 2.46. The molecule has 0 saturated heterocycles. The second-order valence-electron chi connectivity index (χ2n) is 10.8. The van der Waals surface area contributed by atoms with Gasteiger partial charge in [0.25, 0.3) is 0 Å². The zero-order valence-corrected chi connectivity index (χ0v) is 24.7. The lowest BCUT2D eigenvalue weighted by Gasteiger charge is -2.26. The van der Waals surface area contributed by atoms with Crippen LogP contribution in [0, 0.1) is 0 Å². The lowest BCUT2D eigenvalue weighted by molar-refractivity contribution is 1.30. The molecule has 43 heavy (non-hydrogen) atoms. The highest BCUT2D eigenvalue weighted by molar-refractivity contribution is 7.26. The van der Waals surface area contributed by atoms with Gasteiger partial charge in [0.05, 0.1) is 15.9 Å². The fourth-order valence-electron chi connectivity index (χ4n) is 6.37. The molecular formula is C39H24N2S2. The summed E-state index contributed by atoms with van der Waals surface area (Å²) in [5.41, 5.74) is 5.62. The van der Waals surface area contributed by atoms with Crippen molar-refractivity contribution in [2.45, 2.75) is 0 Å². The van der Waals surface area contributed by atoms with Crippen LogP contribution in [0.1, 0.15) is 0 Å². The molecule has 2 aromatic heterocycles. The van der Waals surface area contributed by atoms with Crippen molar-refractivity contribution in [3.63, 3.8) is 0 Å². The SMILES string of the molecule is c1ccc(N(c2cccc(-c3nc4c5ccccc5c5ccccc5c4s3)c2)c2cccc3sc4ccccc4c23)cc1. The maximum absolute atomic E-state index is 5.29. The van der Waals surface area contributed by atoms with Crippen molar-refractivity contribution in [3.8, 4) is 10.6 Å². The van der Waals surface area contributed by atoms with Crippen LogP contribution in [0.3, 0.4) is 0 Å². The first kappa shape index (κ1) is 24.6. The Morgan fingerprint density at radius 1 is 0.465 bits per heavy atom. The van der Waals surface area contributed by atoms with Gasteiger partial charge in [0.1, 0.15) is 5.01 Å². The summed E-state index contributed by atoms with van der Waals surface area (Å²) >= 11 is 3.64. The monoisotopic (exact) mass is 584 g/mol. The van der Waals surface area contributed by atoms with E-state index in [1.165, 1.54) is 52.1 Å². The maximum Gasteiger partial charge on any atom is 0.124 e. The number of hydrogen-bond acceptors (Lipinski definition) is 4. The molecule has 0 N–H and O–H groups in total. The van der Waals surface area contributed by atoms with Gasteiger partial charge in [-0.3, -0.25) is 0 Å². The number of aromatic nitrogens is 1. The smallest absolute Gasteiger partial charge is 0.124 e. The molecule has 0 aliphatic rings. The van der Waals surface area contributed by atoms with E-state index in [2.05, 4.69) is 150 Å². The first-order valence-corrected chi connectivity index (χ1v) is 16.0. The number of benzene rings is 7. The van der Waals surface area contributed by atoms with E-state index >= 15 is 0 Å². The van der Waals surface area contributed by atoms with Crippen molar-refractivity contribution >= 4 is 91.7 Å². The van der Waals surface area contributed by atoms with E-state index < -0.39 is 0 Å². The van der Waals surface area contributed by atoms with E-state index in [0.717, 1.165) is 27.5 Å². The molecule has 0 bridgehead atoms. The zero-order chi connectivity index (χ0) is 28.3. The molecule has 0 atom stereocenters. The summed E-state index contributed by atoms with van der Waals surface area (Å²) in [6.45, 7) is 0. The highest BCUT2D eigenvalue weighted by Gasteiger charge is 2.20. The van der Waals surface area contributed by atoms with Crippen LogP contribution < -0.4 is 4.90 Å². The molecule has 9 aromatic rings. The number of thiazole rings is 1. The minimum absolute atomic E-state index is 1.03. The quantitative estimate of drug-likeness (QED) is 0.191. The van der Waals surface area contributed by atoms with Crippen LogP contribution in [0.25, 0.3) is 62.5 Å². The molecule has 7 aromatic carbocycles. The predicted octanol–water partition coefficient (Wildman–Crippen LogP) is 12.1. The zero-order valence-electron chi connectivity index (χ0n) is 23.1. The Morgan fingerprint density at radius 2 is 1.09 bits per heavy atom. The topological polar surface area (TPSA) is 16.1 Å². The van der Waals surface area contributed by atoms with Crippen LogP contribution in [-0.4, -0.2) is 4.98 Å². The molecule has 0 amide bonds. The number of para-hydroxylation sites is 1. The molecule has 0 unspecified atom stereocenters. The first-order chi connectivity index (χ1) is 21.3. The van der Waals surface area contributed by atoms with E-state index in [4.69, 9.17) is 4.98 Å². The van der Waals surface area contributed by atoms with Crippen molar-refractivity contribution in [3.05, 3.63) is 146 Å². The van der Waals surface area contributed by atoms with Crippen LogP contribution >= 0.6 is 22.7 Å². The summed E-state index contributed by atoms with van der Waals surface area (Å²) in [5, 5.41) is 8.61. The van der Waals surface area contributed by atoms with E-state index in [1.807, 2.05) is 11.3 Å². The van der Waals surface area contributed by atoms with Crippen LogP contribution in [0.2, 0.25) is 0 Å². The van der Waals surface area contributed by atoms with Gasteiger partial charge in [-0.25, -0.2) is 4.98 Å². The second-order valence-corrected chi connectivity index (χ2v) is 12.8. The van der Waals surface area contributed by atoms with Crippen molar-refractivity contribution in [1.29, 1.82) is 0 Å². The summed E-state index contributed by atoms with van der Waals surface area (Å²) in [4.78, 5) is 7.68. The molecule has 0 fully saturated rings. The second kappa shape index (κ2) is 9.77. The van der Waals surface area contributed by atoms with Gasteiger partial charge in [-0.1, -0.05) is 103 Å². The first-order valence-electron chi connectivity index (χ1n) is 14.4. The molecule has 202 valence electrons.